The van der Waals surface area contributed by atoms with Gasteiger partial charge in [0.2, 0.25) is 5.91 Å². The number of carbonyl (C=O) groups is 2. The van der Waals surface area contributed by atoms with Crippen LogP contribution in [0.4, 0.5) is 5.69 Å². The fourth-order valence-corrected chi connectivity index (χ4v) is 3.10. The van der Waals surface area contributed by atoms with Crippen LogP contribution in [0.3, 0.4) is 0 Å². The summed E-state index contributed by atoms with van der Waals surface area (Å²) in [5.74, 6) is 0.675. The standard InChI is InChI=1S/C17H23N3O3/c1-12-17(22)20(14-4-2-3-5-15(14)23-12)11-8-16(21)19-9-6-13(18)7-10-19/h2-5,12-13H,6-11,18H2,1H3. The Morgan fingerprint density at radius 1 is 1.30 bits per heavy atom. The molecule has 2 heterocycles. The van der Waals surface area contributed by atoms with Crippen LogP contribution in [0.2, 0.25) is 0 Å². The van der Waals surface area contributed by atoms with Crippen molar-refractivity contribution in [3.05, 3.63) is 24.3 Å². The van der Waals surface area contributed by atoms with E-state index in [0.717, 1.165) is 18.5 Å². The minimum atomic E-state index is -0.520. The van der Waals surface area contributed by atoms with Crippen LogP contribution in [-0.2, 0) is 9.59 Å². The molecule has 124 valence electrons. The Morgan fingerprint density at radius 3 is 2.74 bits per heavy atom. The second kappa shape index (κ2) is 6.58. The smallest absolute Gasteiger partial charge is 0.267 e. The van der Waals surface area contributed by atoms with Gasteiger partial charge in [-0.2, -0.15) is 0 Å². The lowest BCUT2D eigenvalue weighted by Gasteiger charge is -2.34. The average Bonchev–Trinajstić information content (AvgIpc) is 2.55. The molecule has 2 N–H and O–H groups in total. The largest absolute Gasteiger partial charge is 0.479 e. The first kappa shape index (κ1) is 15.8. The van der Waals surface area contributed by atoms with Gasteiger partial charge >= 0.3 is 0 Å². The average molecular weight is 317 g/mol. The zero-order chi connectivity index (χ0) is 16.4. The van der Waals surface area contributed by atoms with Crippen molar-refractivity contribution in [1.29, 1.82) is 0 Å². The molecule has 3 rings (SSSR count). The highest BCUT2D eigenvalue weighted by atomic mass is 16.5. The predicted octanol–water partition coefficient (Wildman–Crippen LogP) is 1.14. The van der Waals surface area contributed by atoms with Gasteiger partial charge in [0.05, 0.1) is 5.69 Å². The number of rotatable bonds is 3. The van der Waals surface area contributed by atoms with Crippen LogP contribution >= 0.6 is 0 Å². The monoisotopic (exact) mass is 317 g/mol. The van der Waals surface area contributed by atoms with Crippen LogP contribution in [-0.4, -0.2) is 48.5 Å². The summed E-state index contributed by atoms with van der Waals surface area (Å²) >= 11 is 0. The normalized spacial score (nSPS) is 21.8. The van der Waals surface area contributed by atoms with Crippen molar-refractivity contribution in [3.63, 3.8) is 0 Å². The van der Waals surface area contributed by atoms with E-state index in [4.69, 9.17) is 10.5 Å². The Morgan fingerprint density at radius 2 is 2.00 bits per heavy atom. The third-order valence-corrected chi connectivity index (χ3v) is 4.52. The first-order valence-corrected chi connectivity index (χ1v) is 8.16. The minimum Gasteiger partial charge on any atom is -0.479 e. The number of likely N-dealkylation sites (tertiary alicyclic amines) is 1. The number of para-hydroxylation sites is 2. The molecule has 6 nitrogen and oxygen atoms in total. The van der Waals surface area contributed by atoms with Crippen molar-refractivity contribution in [2.24, 2.45) is 5.73 Å². The van der Waals surface area contributed by atoms with Crippen molar-refractivity contribution >= 4 is 17.5 Å². The van der Waals surface area contributed by atoms with Gasteiger partial charge in [-0.1, -0.05) is 12.1 Å². The fourth-order valence-electron chi connectivity index (χ4n) is 3.10. The molecule has 1 atom stereocenters. The van der Waals surface area contributed by atoms with E-state index in [9.17, 15) is 9.59 Å². The Kier molecular flexibility index (Phi) is 4.52. The number of ether oxygens (including phenoxy) is 1. The molecule has 2 aliphatic heterocycles. The van der Waals surface area contributed by atoms with Crippen molar-refractivity contribution in [1.82, 2.24) is 4.90 Å². The molecule has 0 spiro atoms. The molecular formula is C17H23N3O3. The van der Waals surface area contributed by atoms with Crippen LogP contribution in [0, 0.1) is 0 Å². The maximum atomic E-state index is 12.4. The lowest BCUT2D eigenvalue weighted by Crippen LogP contribution is -2.47. The Balaban J connectivity index is 1.65. The van der Waals surface area contributed by atoms with Crippen LogP contribution < -0.4 is 15.4 Å². The molecule has 0 radical (unpaired) electrons. The number of carbonyl (C=O) groups excluding carboxylic acids is 2. The number of nitrogens with two attached hydrogens (primary N) is 1. The lowest BCUT2D eigenvalue weighted by atomic mass is 10.1. The minimum absolute atomic E-state index is 0.0846. The number of anilines is 1. The summed E-state index contributed by atoms with van der Waals surface area (Å²) in [4.78, 5) is 28.3. The Labute approximate surface area is 136 Å². The van der Waals surface area contributed by atoms with E-state index in [1.54, 1.807) is 11.8 Å². The molecule has 1 saturated heterocycles. The summed E-state index contributed by atoms with van der Waals surface area (Å²) in [7, 11) is 0. The second-order valence-corrected chi connectivity index (χ2v) is 6.19. The first-order valence-electron chi connectivity index (χ1n) is 8.16. The van der Waals surface area contributed by atoms with Crippen molar-refractivity contribution in [2.75, 3.05) is 24.5 Å². The van der Waals surface area contributed by atoms with E-state index < -0.39 is 6.10 Å². The molecule has 23 heavy (non-hydrogen) atoms. The molecule has 0 saturated carbocycles. The van der Waals surface area contributed by atoms with E-state index in [-0.39, 0.29) is 17.9 Å². The predicted molar refractivity (Wildman–Crippen MR) is 87.3 cm³/mol. The van der Waals surface area contributed by atoms with Crippen molar-refractivity contribution < 1.29 is 14.3 Å². The number of fused-ring (bicyclic) bond motifs is 1. The van der Waals surface area contributed by atoms with Crippen LogP contribution in [0.25, 0.3) is 0 Å². The highest BCUT2D eigenvalue weighted by Crippen LogP contribution is 2.33. The Bertz CT molecular complexity index is 597. The topological polar surface area (TPSA) is 75.9 Å². The van der Waals surface area contributed by atoms with Gasteiger partial charge in [-0.05, 0) is 31.9 Å². The van der Waals surface area contributed by atoms with Gasteiger partial charge in [-0.3, -0.25) is 9.59 Å². The molecule has 2 aliphatic rings. The molecule has 2 amide bonds. The van der Waals surface area contributed by atoms with Crippen LogP contribution in [0.15, 0.2) is 24.3 Å². The van der Waals surface area contributed by atoms with E-state index in [1.807, 2.05) is 29.2 Å². The number of hydrogen-bond donors (Lipinski definition) is 1. The summed E-state index contributed by atoms with van der Waals surface area (Å²) in [5, 5.41) is 0. The second-order valence-electron chi connectivity index (χ2n) is 6.19. The van der Waals surface area contributed by atoms with Crippen molar-refractivity contribution in [3.8, 4) is 5.75 Å². The van der Waals surface area contributed by atoms with Crippen LogP contribution in [0.1, 0.15) is 26.2 Å². The zero-order valence-electron chi connectivity index (χ0n) is 13.4. The third kappa shape index (κ3) is 3.32. The zero-order valence-corrected chi connectivity index (χ0v) is 13.4. The molecule has 6 heteroatoms. The summed E-state index contributed by atoms with van der Waals surface area (Å²) in [5.41, 5.74) is 6.61. The lowest BCUT2D eigenvalue weighted by molar-refractivity contribution is -0.132. The van der Waals surface area contributed by atoms with Gasteiger partial charge in [0.15, 0.2) is 6.10 Å². The van der Waals surface area contributed by atoms with Crippen LogP contribution in [0.5, 0.6) is 5.75 Å². The van der Waals surface area contributed by atoms with Gasteiger partial charge in [-0.25, -0.2) is 0 Å². The third-order valence-electron chi connectivity index (χ3n) is 4.52. The molecule has 0 aliphatic carbocycles. The highest BCUT2D eigenvalue weighted by molar-refractivity contribution is 6.00. The van der Waals surface area contributed by atoms with Gasteiger partial charge < -0.3 is 20.3 Å². The van der Waals surface area contributed by atoms with E-state index in [2.05, 4.69) is 0 Å². The van der Waals surface area contributed by atoms with Gasteiger partial charge in [0.1, 0.15) is 5.75 Å². The van der Waals surface area contributed by atoms with Gasteiger partial charge in [-0.15, -0.1) is 0 Å². The van der Waals surface area contributed by atoms with E-state index in [0.29, 0.717) is 31.8 Å². The first-order chi connectivity index (χ1) is 11.1. The number of piperidine rings is 1. The molecule has 0 aromatic heterocycles. The molecule has 0 bridgehead atoms. The fraction of sp³-hybridized carbons (Fsp3) is 0.529. The maximum absolute atomic E-state index is 12.4. The quantitative estimate of drug-likeness (QED) is 0.907. The number of amides is 2. The number of hydrogen-bond acceptors (Lipinski definition) is 4. The summed E-state index contributed by atoms with van der Waals surface area (Å²) in [6.45, 7) is 3.54. The summed E-state index contributed by atoms with van der Waals surface area (Å²) < 4.78 is 5.61. The molecular weight excluding hydrogens is 294 g/mol. The number of benzene rings is 1. The molecule has 1 aromatic rings. The molecule has 1 unspecified atom stereocenters. The summed E-state index contributed by atoms with van der Waals surface area (Å²) in [6, 6.07) is 7.64. The van der Waals surface area contributed by atoms with E-state index >= 15 is 0 Å². The summed E-state index contributed by atoms with van der Waals surface area (Å²) in [6.07, 6.45) is 1.50. The highest BCUT2D eigenvalue weighted by Gasteiger charge is 2.31. The Hall–Kier alpha value is -2.08. The molecule has 1 aromatic carbocycles. The van der Waals surface area contributed by atoms with Gasteiger partial charge in [0.25, 0.3) is 5.91 Å². The van der Waals surface area contributed by atoms with Crippen molar-refractivity contribution in [2.45, 2.75) is 38.3 Å². The van der Waals surface area contributed by atoms with E-state index in [1.165, 1.54) is 0 Å². The molecule has 1 fully saturated rings. The SMILES string of the molecule is CC1Oc2ccccc2N(CCC(=O)N2CCC(N)CC2)C1=O. The van der Waals surface area contributed by atoms with Gasteiger partial charge in [0, 0.05) is 32.1 Å². The number of nitrogens with zero attached hydrogens (tertiary/aromatic N) is 2. The maximum Gasteiger partial charge on any atom is 0.267 e.